The maximum atomic E-state index is 14.7. The third-order valence-electron chi connectivity index (χ3n) is 5.54. The molecule has 1 saturated heterocycles. The number of ketones is 1. The van der Waals surface area contributed by atoms with E-state index in [1.165, 1.54) is 36.5 Å². The predicted molar refractivity (Wildman–Crippen MR) is 119 cm³/mol. The lowest BCUT2D eigenvalue weighted by Gasteiger charge is -2.38. The van der Waals surface area contributed by atoms with E-state index in [-0.39, 0.29) is 34.5 Å². The van der Waals surface area contributed by atoms with Crippen LogP contribution in [0.25, 0.3) is 6.08 Å². The summed E-state index contributed by atoms with van der Waals surface area (Å²) in [6.45, 7) is 1.11. The van der Waals surface area contributed by atoms with Gasteiger partial charge in [0.05, 0.1) is 11.7 Å². The number of benzene rings is 1. The van der Waals surface area contributed by atoms with Gasteiger partial charge in [-0.3, -0.25) is 14.5 Å². The molecular weight excluding hydrogens is 437 g/mol. The number of carbonyl (C=O) groups is 2. The second-order valence-electron chi connectivity index (χ2n) is 7.82. The summed E-state index contributed by atoms with van der Waals surface area (Å²) < 4.78 is 23.6. The van der Waals surface area contributed by atoms with Gasteiger partial charge < -0.3 is 4.74 Å². The first kappa shape index (κ1) is 22.3. The van der Waals surface area contributed by atoms with Crippen LogP contribution in [-0.2, 0) is 14.3 Å². The molecule has 0 radical (unpaired) electrons. The molecule has 1 aliphatic heterocycles. The molecule has 0 bridgehead atoms. The van der Waals surface area contributed by atoms with Gasteiger partial charge in [0.2, 0.25) is 5.12 Å². The molecule has 1 aromatic carbocycles. The number of hydrogen-bond acceptors (Lipinski definition) is 8. The molecule has 2 unspecified atom stereocenters. The average Bonchev–Trinajstić information content (AvgIpc) is 3.48. The van der Waals surface area contributed by atoms with Crippen molar-refractivity contribution in [1.82, 2.24) is 14.5 Å². The maximum Gasteiger partial charge on any atom is 0.215 e. The summed E-state index contributed by atoms with van der Waals surface area (Å²) in [5.41, 5.74) is 2.14. The van der Waals surface area contributed by atoms with Gasteiger partial charge in [0.1, 0.15) is 12.4 Å². The van der Waals surface area contributed by atoms with Gasteiger partial charge in [-0.05, 0) is 48.5 Å². The highest BCUT2D eigenvalue weighted by molar-refractivity contribution is 8.14. The first-order valence-electron chi connectivity index (χ1n) is 10.2. The van der Waals surface area contributed by atoms with Crippen LogP contribution >= 0.6 is 23.3 Å². The number of thioether (sulfide) groups is 1. The van der Waals surface area contributed by atoms with Gasteiger partial charge in [-0.25, -0.2) is 4.39 Å². The van der Waals surface area contributed by atoms with E-state index in [1.54, 1.807) is 18.2 Å². The zero-order valence-corrected chi connectivity index (χ0v) is 18.8. The fourth-order valence-corrected chi connectivity index (χ4v) is 5.36. The van der Waals surface area contributed by atoms with Crippen LogP contribution in [0, 0.1) is 11.7 Å². The summed E-state index contributed by atoms with van der Waals surface area (Å²) in [4.78, 5) is 27.5. The topological polar surface area (TPSA) is 72.4 Å². The van der Waals surface area contributed by atoms with E-state index in [1.807, 2.05) is 16.4 Å². The Kier molecular flexibility index (Phi) is 7.27. The van der Waals surface area contributed by atoms with E-state index in [2.05, 4.69) is 9.59 Å². The van der Waals surface area contributed by atoms with Crippen LogP contribution < -0.4 is 0 Å². The summed E-state index contributed by atoms with van der Waals surface area (Å²) in [6.07, 6.45) is 4.35. The largest absolute Gasteiger partial charge is 0.376 e. The molecule has 2 fully saturated rings. The van der Waals surface area contributed by atoms with Gasteiger partial charge in [-0.15, -0.1) is 5.10 Å². The van der Waals surface area contributed by atoms with Crippen LogP contribution in [0.1, 0.15) is 36.6 Å². The van der Waals surface area contributed by atoms with Crippen molar-refractivity contribution in [2.75, 3.05) is 26.8 Å². The van der Waals surface area contributed by atoms with E-state index >= 15 is 0 Å². The quantitative estimate of drug-likeness (QED) is 0.593. The third-order valence-corrected chi connectivity index (χ3v) is 7.26. The van der Waals surface area contributed by atoms with Crippen molar-refractivity contribution in [1.29, 1.82) is 0 Å². The molecule has 2 heterocycles. The molecule has 2 aromatic rings. The standard InChI is InChI=1S/C22H24FN3O3S2/c1-29-12-20(27)31-19-8-9-26(11-15(19)10-16-13-30-25-24-16)21(22(28)14-6-7-14)17-4-2-3-5-18(17)23/h2-5,10,13-14,19,21H,6-9,11-12H2,1H3/b15-10+. The van der Waals surface area contributed by atoms with Crippen LogP contribution in [0.3, 0.4) is 0 Å². The molecular formula is C22H24FN3O3S2. The molecule has 0 spiro atoms. The minimum absolute atomic E-state index is 0.00940. The zero-order chi connectivity index (χ0) is 21.8. The van der Waals surface area contributed by atoms with Gasteiger partial charge in [0, 0.05) is 42.3 Å². The second kappa shape index (κ2) is 10.1. The SMILES string of the molecule is COCC(=O)SC1CCN(C(C(=O)C2CC2)c2ccccc2F)C/C1=C\c1csnn1. The van der Waals surface area contributed by atoms with Crippen molar-refractivity contribution >= 4 is 40.3 Å². The predicted octanol–water partition coefficient (Wildman–Crippen LogP) is 3.76. The van der Waals surface area contributed by atoms with E-state index in [4.69, 9.17) is 4.74 Å². The Labute approximate surface area is 189 Å². The van der Waals surface area contributed by atoms with Crippen molar-refractivity contribution < 1.29 is 18.7 Å². The second-order valence-corrected chi connectivity index (χ2v) is 9.69. The minimum atomic E-state index is -0.619. The van der Waals surface area contributed by atoms with Crippen LogP contribution in [-0.4, -0.2) is 57.4 Å². The molecule has 164 valence electrons. The smallest absolute Gasteiger partial charge is 0.215 e. The maximum absolute atomic E-state index is 14.7. The van der Waals surface area contributed by atoms with Crippen molar-refractivity contribution in [2.24, 2.45) is 5.92 Å². The lowest BCUT2D eigenvalue weighted by molar-refractivity contribution is -0.126. The lowest BCUT2D eigenvalue weighted by Crippen LogP contribution is -2.43. The highest BCUT2D eigenvalue weighted by atomic mass is 32.2. The number of nitrogens with zero attached hydrogens (tertiary/aromatic N) is 3. The Morgan fingerprint density at radius 3 is 2.84 bits per heavy atom. The monoisotopic (exact) mass is 461 g/mol. The van der Waals surface area contributed by atoms with E-state index < -0.39 is 6.04 Å². The summed E-state index contributed by atoms with van der Waals surface area (Å²) in [7, 11) is 1.50. The molecule has 1 aliphatic carbocycles. The number of hydrogen-bond donors (Lipinski definition) is 0. The third kappa shape index (κ3) is 5.46. The minimum Gasteiger partial charge on any atom is -0.376 e. The lowest BCUT2D eigenvalue weighted by atomic mass is 9.93. The Morgan fingerprint density at radius 1 is 1.35 bits per heavy atom. The zero-order valence-electron chi connectivity index (χ0n) is 17.2. The van der Waals surface area contributed by atoms with E-state index in [9.17, 15) is 14.0 Å². The molecule has 1 saturated carbocycles. The van der Waals surface area contributed by atoms with E-state index in [0.717, 1.165) is 24.1 Å². The molecule has 1 aromatic heterocycles. The molecule has 4 rings (SSSR count). The van der Waals surface area contributed by atoms with Gasteiger partial charge in [0.15, 0.2) is 5.78 Å². The number of aromatic nitrogens is 2. The van der Waals surface area contributed by atoms with Gasteiger partial charge in [-0.2, -0.15) is 0 Å². The Balaban J connectivity index is 1.62. The highest BCUT2D eigenvalue weighted by Gasteiger charge is 2.41. The Bertz CT molecular complexity index is 963. The van der Waals surface area contributed by atoms with Gasteiger partial charge >= 0.3 is 0 Å². The van der Waals surface area contributed by atoms with Gasteiger partial charge in [-0.1, -0.05) is 34.4 Å². The fraction of sp³-hybridized carbons (Fsp3) is 0.455. The van der Waals surface area contributed by atoms with Crippen LogP contribution in [0.2, 0.25) is 0 Å². The molecule has 2 aliphatic rings. The Morgan fingerprint density at radius 2 is 2.16 bits per heavy atom. The summed E-state index contributed by atoms with van der Waals surface area (Å²) in [5.74, 6) is -0.265. The number of carbonyl (C=O) groups excluding carboxylic acids is 2. The highest BCUT2D eigenvalue weighted by Crippen LogP contribution is 2.40. The normalized spacial score (nSPS) is 21.9. The number of ether oxygens (including phenoxy) is 1. The number of rotatable bonds is 8. The summed E-state index contributed by atoms with van der Waals surface area (Å²) in [6, 6.07) is 5.91. The molecule has 6 nitrogen and oxygen atoms in total. The molecule has 31 heavy (non-hydrogen) atoms. The molecule has 9 heteroatoms. The van der Waals surface area contributed by atoms with Crippen molar-refractivity contribution in [2.45, 2.75) is 30.6 Å². The summed E-state index contributed by atoms with van der Waals surface area (Å²) >= 11 is 2.51. The van der Waals surface area contributed by atoms with Crippen LogP contribution in [0.15, 0.2) is 35.2 Å². The van der Waals surface area contributed by atoms with Crippen LogP contribution in [0.5, 0.6) is 0 Å². The number of Topliss-reactive ketones (excluding diaryl/α,β-unsaturated/α-hetero) is 1. The van der Waals surface area contributed by atoms with Gasteiger partial charge in [0.25, 0.3) is 0 Å². The van der Waals surface area contributed by atoms with E-state index in [0.29, 0.717) is 25.1 Å². The molecule has 0 amide bonds. The average molecular weight is 462 g/mol. The summed E-state index contributed by atoms with van der Waals surface area (Å²) in [5, 5.41) is 5.86. The number of piperidine rings is 1. The number of methoxy groups -OCH3 is 1. The van der Waals surface area contributed by atoms with Crippen molar-refractivity contribution in [3.63, 3.8) is 0 Å². The molecule has 2 atom stereocenters. The number of halogens is 1. The van der Waals surface area contributed by atoms with Crippen molar-refractivity contribution in [3.05, 3.63) is 52.3 Å². The fourth-order valence-electron chi connectivity index (χ4n) is 3.93. The van der Waals surface area contributed by atoms with Crippen molar-refractivity contribution in [3.8, 4) is 0 Å². The first-order valence-corrected chi connectivity index (χ1v) is 12.0. The Hall–Kier alpha value is -1.94. The van der Waals surface area contributed by atoms with Crippen LogP contribution in [0.4, 0.5) is 4.39 Å². The first-order chi connectivity index (χ1) is 15.1. The molecule has 0 N–H and O–H groups in total. The number of likely N-dealkylation sites (tertiary alicyclic amines) is 1.